The van der Waals surface area contributed by atoms with Crippen LogP contribution in [0.15, 0.2) is 0 Å². The lowest BCUT2D eigenvalue weighted by atomic mass is 9.74. The van der Waals surface area contributed by atoms with E-state index in [1.807, 2.05) is 0 Å². The standard InChI is InChI=1S/C11H21F3N2/c1-16(9-11(12,13)14)8-10(7-15)5-3-2-4-6-10/h2-9,15H2,1H3. The number of hydrogen-bond acceptors (Lipinski definition) is 2. The van der Waals surface area contributed by atoms with Crippen molar-refractivity contribution >= 4 is 0 Å². The maximum absolute atomic E-state index is 12.2. The summed E-state index contributed by atoms with van der Waals surface area (Å²) in [5.74, 6) is 0. The van der Waals surface area contributed by atoms with Crippen molar-refractivity contribution in [1.82, 2.24) is 4.90 Å². The molecule has 2 N–H and O–H groups in total. The molecular formula is C11H21F3N2. The van der Waals surface area contributed by atoms with E-state index in [-0.39, 0.29) is 5.41 Å². The van der Waals surface area contributed by atoms with E-state index in [4.69, 9.17) is 5.73 Å². The summed E-state index contributed by atoms with van der Waals surface area (Å²) in [6.07, 6.45) is 1.19. The van der Waals surface area contributed by atoms with Crippen LogP contribution in [0, 0.1) is 5.41 Å². The molecule has 16 heavy (non-hydrogen) atoms. The van der Waals surface area contributed by atoms with Crippen LogP contribution in [0.25, 0.3) is 0 Å². The molecule has 0 aromatic heterocycles. The molecule has 0 aromatic carbocycles. The van der Waals surface area contributed by atoms with Gasteiger partial charge in [-0.2, -0.15) is 13.2 Å². The smallest absolute Gasteiger partial charge is 0.330 e. The second-order valence-corrected chi connectivity index (χ2v) is 5.05. The van der Waals surface area contributed by atoms with Gasteiger partial charge in [-0.15, -0.1) is 0 Å². The molecule has 0 unspecified atom stereocenters. The van der Waals surface area contributed by atoms with Crippen molar-refractivity contribution in [1.29, 1.82) is 0 Å². The van der Waals surface area contributed by atoms with Gasteiger partial charge in [0, 0.05) is 6.54 Å². The molecule has 1 aliphatic rings. The molecule has 96 valence electrons. The predicted molar refractivity (Wildman–Crippen MR) is 58.1 cm³/mol. The van der Waals surface area contributed by atoms with Crippen molar-refractivity contribution in [2.75, 3.05) is 26.7 Å². The van der Waals surface area contributed by atoms with E-state index in [0.29, 0.717) is 13.1 Å². The van der Waals surface area contributed by atoms with Gasteiger partial charge in [0.05, 0.1) is 6.54 Å². The summed E-state index contributed by atoms with van der Waals surface area (Å²) in [5.41, 5.74) is 5.66. The Balaban J connectivity index is 2.48. The van der Waals surface area contributed by atoms with Gasteiger partial charge in [0.15, 0.2) is 0 Å². The van der Waals surface area contributed by atoms with E-state index in [0.717, 1.165) is 25.7 Å². The Kier molecular flexibility index (Phi) is 4.62. The van der Waals surface area contributed by atoms with Gasteiger partial charge >= 0.3 is 6.18 Å². The zero-order valence-corrected chi connectivity index (χ0v) is 9.82. The van der Waals surface area contributed by atoms with Crippen molar-refractivity contribution in [2.45, 2.75) is 38.3 Å². The second-order valence-electron chi connectivity index (χ2n) is 5.05. The van der Waals surface area contributed by atoms with Gasteiger partial charge in [-0.25, -0.2) is 0 Å². The average Bonchev–Trinajstić information content (AvgIpc) is 2.16. The minimum absolute atomic E-state index is 0.0851. The molecule has 0 heterocycles. The zero-order valence-electron chi connectivity index (χ0n) is 9.82. The van der Waals surface area contributed by atoms with Crippen molar-refractivity contribution in [3.8, 4) is 0 Å². The first-order valence-corrected chi connectivity index (χ1v) is 5.82. The molecule has 1 rings (SSSR count). The van der Waals surface area contributed by atoms with Crippen molar-refractivity contribution in [2.24, 2.45) is 11.1 Å². The Morgan fingerprint density at radius 1 is 1.19 bits per heavy atom. The third-order valence-electron chi connectivity index (χ3n) is 3.40. The normalized spacial score (nSPS) is 21.4. The molecule has 0 spiro atoms. The first-order chi connectivity index (χ1) is 7.37. The summed E-state index contributed by atoms with van der Waals surface area (Å²) < 4.78 is 36.6. The molecule has 0 aliphatic heterocycles. The molecule has 2 nitrogen and oxygen atoms in total. The first kappa shape index (κ1) is 13.8. The molecule has 1 aliphatic carbocycles. The lowest BCUT2D eigenvalue weighted by molar-refractivity contribution is -0.146. The molecule has 5 heteroatoms. The van der Waals surface area contributed by atoms with Crippen LogP contribution in [-0.2, 0) is 0 Å². The number of nitrogens with zero attached hydrogens (tertiary/aromatic N) is 1. The Bertz CT molecular complexity index is 210. The molecule has 0 amide bonds. The van der Waals surface area contributed by atoms with Crippen LogP contribution in [0.3, 0.4) is 0 Å². The van der Waals surface area contributed by atoms with Crippen LogP contribution in [0.1, 0.15) is 32.1 Å². The van der Waals surface area contributed by atoms with E-state index in [1.54, 1.807) is 0 Å². The van der Waals surface area contributed by atoms with Crippen molar-refractivity contribution < 1.29 is 13.2 Å². The fourth-order valence-electron chi connectivity index (χ4n) is 2.66. The molecule has 0 saturated heterocycles. The maximum Gasteiger partial charge on any atom is 0.401 e. The van der Waals surface area contributed by atoms with Crippen LogP contribution < -0.4 is 5.73 Å². The van der Waals surface area contributed by atoms with Crippen molar-refractivity contribution in [3.05, 3.63) is 0 Å². The van der Waals surface area contributed by atoms with Gasteiger partial charge < -0.3 is 5.73 Å². The van der Waals surface area contributed by atoms with Crippen LogP contribution in [0.4, 0.5) is 13.2 Å². The Hall–Kier alpha value is -0.290. The number of hydrogen-bond donors (Lipinski definition) is 1. The van der Waals surface area contributed by atoms with E-state index in [9.17, 15) is 13.2 Å². The van der Waals surface area contributed by atoms with Gasteiger partial charge in [-0.1, -0.05) is 19.3 Å². The summed E-state index contributed by atoms with van der Waals surface area (Å²) in [7, 11) is 1.53. The number of rotatable bonds is 4. The SMILES string of the molecule is CN(CC(F)(F)F)CC1(CN)CCCCC1. The highest BCUT2D eigenvalue weighted by molar-refractivity contribution is 4.86. The topological polar surface area (TPSA) is 29.3 Å². The first-order valence-electron chi connectivity index (χ1n) is 5.82. The molecule has 0 radical (unpaired) electrons. The fourth-order valence-corrected chi connectivity index (χ4v) is 2.66. The quantitative estimate of drug-likeness (QED) is 0.814. The van der Waals surface area contributed by atoms with Gasteiger partial charge in [-0.05, 0) is 31.8 Å². The number of alkyl halides is 3. The fraction of sp³-hybridized carbons (Fsp3) is 1.00. The Morgan fingerprint density at radius 3 is 2.19 bits per heavy atom. The summed E-state index contributed by atoms with van der Waals surface area (Å²) >= 11 is 0. The van der Waals surface area contributed by atoms with E-state index < -0.39 is 12.7 Å². The largest absolute Gasteiger partial charge is 0.401 e. The van der Waals surface area contributed by atoms with Crippen LogP contribution in [0.2, 0.25) is 0 Å². The highest BCUT2D eigenvalue weighted by atomic mass is 19.4. The lowest BCUT2D eigenvalue weighted by Gasteiger charge is -2.39. The van der Waals surface area contributed by atoms with E-state index >= 15 is 0 Å². The van der Waals surface area contributed by atoms with Crippen LogP contribution in [-0.4, -0.2) is 37.8 Å². The third-order valence-corrected chi connectivity index (χ3v) is 3.40. The predicted octanol–water partition coefficient (Wildman–Crippen LogP) is 2.39. The molecule has 1 fully saturated rings. The minimum Gasteiger partial charge on any atom is -0.330 e. The molecule has 0 bridgehead atoms. The van der Waals surface area contributed by atoms with E-state index in [2.05, 4.69) is 0 Å². The average molecular weight is 238 g/mol. The van der Waals surface area contributed by atoms with E-state index in [1.165, 1.54) is 18.4 Å². The molecule has 0 atom stereocenters. The van der Waals surface area contributed by atoms with Gasteiger partial charge in [0.1, 0.15) is 0 Å². The highest BCUT2D eigenvalue weighted by Gasteiger charge is 2.35. The van der Waals surface area contributed by atoms with Crippen LogP contribution in [0.5, 0.6) is 0 Å². The summed E-state index contributed by atoms with van der Waals surface area (Å²) in [6.45, 7) is 0.118. The highest BCUT2D eigenvalue weighted by Crippen LogP contribution is 2.36. The lowest BCUT2D eigenvalue weighted by Crippen LogP contribution is -2.45. The summed E-state index contributed by atoms with van der Waals surface area (Å²) in [6, 6.07) is 0. The number of nitrogens with two attached hydrogens (primary N) is 1. The van der Waals surface area contributed by atoms with Gasteiger partial charge in [-0.3, -0.25) is 4.90 Å². The Morgan fingerprint density at radius 2 is 1.75 bits per heavy atom. The maximum atomic E-state index is 12.2. The van der Waals surface area contributed by atoms with Crippen LogP contribution >= 0.6 is 0 Å². The second kappa shape index (κ2) is 5.36. The summed E-state index contributed by atoms with van der Waals surface area (Å²) in [4.78, 5) is 1.36. The van der Waals surface area contributed by atoms with Crippen molar-refractivity contribution in [3.63, 3.8) is 0 Å². The monoisotopic (exact) mass is 238 g/mol. The minimum atomic E-state index is -4.11. The third kappa shape index (κ3) is 4.29. The zero-order chi connectivity index (χ0) is 12.2. The molecule has 1 saturated carbocycles. The summed E-state index contributed by atoms with van der Waals surface area (Å²) in [5, 5.41) is 0. The van der Waals surface area contributed by atoms with Gasteiger partial charge in [0.25, 0.3) is 0 Å². The molecule has 0 aromatic rings. The Labute approximate surface area is 95.0 Å². The number of halogens is 3. The van der Waals surface area contributed by atoms with Gasteiger partial charge in [0.2, 0.25) is 0 Å². The molecular weight excluding hydrogens is 217 g/mol.